The van der Waals surface area contributed by atoms with E-state index in [1.165, 1.54) is 0 Å². The van der Waals surface area contributed by atoms with E-state index in [4.69, 9.17) is 4.52 Å². The van der Waals surface area contributed by atoms with Gasteiger partial charge in [-0.2, -0.15) is 4.98 Å². The molecule has 1 amide bonds. The summed E-state index contributed by atoms with van der Waals surface area (Å²) in [5.74, 6) is 1.40. The first-order chi connectivity index (χ1) is 13.6. The molecule has 1 aliphatic carbocycles. The molecular formula is C22H23N3O3. The molecule has 2 aromatic carbocycles. The van der Waals surface area contributed by atoms with E-state index in [-0.39, 0.29) is 12.5 Å². The van der Waals surface area contributed by atoms with Gasteiger partial charge in [0.25, 0.3) is 5.91 Å². The number of aliphatic hydroxyl groups is 1. The van der Waals surface area contributed by atoms with Crippen LogP contribution < -0.4 is 5.32 Å². The summed E-state index contributed by atoms with van der Waals surface area (Å²) in [6.07, 6.45) is 2.46. The van der Waals surface area contributed by atoms with Crippen LogP contribution in [0.25, 0.3) is 11.1 Å². The number of aliphatic hydroxyl groups excluding tert-OH is 1. The third-order valence-electron chi connectivity index (χ3n) is 4.98. The average molecular weight is 377 g/mol. The van der Waals surface area contributed by atoms with Crippen LogP contribution in [0.15, 0.2) is 53.1 Å². The molecule has 0 saturated heterocycles. The predicted octanol–water partition coefficient (Wildman–Crippen LogP) is 3.99. The summed E-state index contributed by atoms with van der Waals surface area (Å²) in [7, 11) is 0. The second kappa shape index (κ2) is 7.94. The average Bonchev–Trinajstić information content (AvgIpc) is 3.49. The molecule has 1 atom stereocenters. The summed E-state index contributed by atoms with van der Waals surface area (Å²) in [6.45, 7) is 2.20. The van der Waals surface area contributed by atoms with Crippen LogP contribution in [-0.2, 0) is 6.54 Å². The fourth-order valence-electron chi connectivity index (χ4n) is 3.04. The van der Waals surface area contributed by atoms with Gasteiger partial charge in [0.05, 0.1) is 12.6 Å². The topological polar surface area (TPSA) is 88.2 Å². The summed E-state index contributed by atoms with van der Waals surface area (Å²) in [4.78, 5) is 16.7. The Hall–Kier alpha value is -2.99. The Bertz CT molecular complexity index is 944. The Morgan fingerprint density at radius 3 is 2.39 bits per heavy atom. The fraction of sp³-hybridized carbons (Fsp3) is 0.318. The van der Waals surface area contributed by atoms with E-state index in [1.54, 1.807) is 12.1 Å². The van der Waals surface area contributed by atoms with Crippen LogP contribution in [0.3, 0.4) is 0 Å². The van der Waals surface area contributed by atoms with E-state index >= 15 is 0 Å². The number of nitrogens with one attached hydrogen (secondary N) is 1. The molecule has 0 spiro atoms. The highest BCUT2D eigenvalue weighted by molar-refractivity contribution is 5.94. The molecule has 144 valence electrons. The fourth-order valence-corrected chi connectivity index (χ4v) is 3.04. The lowest BCUT2D eigenvalue weighted by Gasteiger charge is -2.09. The van der Waals surface area contributed by atoms with E-state index in [0.717, 1.165) is 29.5 Å². The lowest BCUT2D eigenvalue weighted by molar-refractivity contribution is 0.0949. The zero-order valence-corrected chi connectivity index (χ0v) is 15.8. The number of rotatable bonds is 7. The monoisotopic (exact) mass is 377 g/mol. The van der Waals surface area contributed by atoms with Crippen LogP contribution in [0.1, 0.15) is 65.8 Å². The maximum Gasteiger partial charge on any atom is 0.251 e. The summed E-state index contributed by atoms with van der Waals surface area (Å²) in [5, 5.41) is 16.6. The number of aromatic nitrogens is 2. The van der Waals surface area contributed by atoms with Gasteiger partial charge in [0.2, 0.25) is 5.89 Å². The van der Waals surface area contributed by atoms with Crippen LogP contribution in [-0.4, -0.2) is 21.2 Å². The molecule has 1 aromatic heterocycles. The van der Waals surface area contributed by atoms with Crippen LogP contribution in [0.4, 0.5) is 0 Å². The van der Waals surface area contributed by atoms with Crippen LogP contribution in [0, 0.1) is 0 Å². The maximum absolute atomic E-state index is 12.3. The lowest BCUT2D eigenvalue weighted by atomic mass is 10.00. The SMILES string of the molecule is CC[C@@H](O)c1ccc(-c2ccc(C(=O)NCc3noc(C4CC4)n3)cc2)cc1. The number of hydrogen-bond acceptors (Lipinski definition) is 5. The Labute approximate surface area is 163 Å². The molecule has 0 bridgehead atoms. The standard InChI is InChI=1S/C22H23N3O3/c1-2-19(26)16-7-3-14(4-8-16)15-5-9-17(10-6-15)21(27)23-13-20-24-22(28-25-20)18-11-12-18/h3-10,18-19,26H,2,11-13H2,1H3,(H,23,27)/t19-/m1/s1. The van der Waals surface area contributed by atoms with Crippen molar-refractivity contribution in [3.8, 4) is 11.1 Å². The minimum absolute atomic E-state index is 0.175. The van der Waals surface area contributed by atoms with Gasteiger partial charge >= 0.3 is 0 Å². The molecule has 0 radical (unpaired) electrons. The van der Waals surface area contributed by atoms with Gasteiger partial charge in [-0.25, -0.2) is 0 Å². The zero-order chi connectivity index (χ0) is 19.5. The van der Waals surface area contributed by atoms with Gasteiger partial charge in [0.1, 0.15) is 0 Å². The number of amides is 1. The van der Waals surface area contributed by atoms with Gasteiger partial charge in [-0.3, -0.25) is 4.79 Å². The Balaban J connectivity index is 1.37. The number of benzene rings is 2. The normalized spacial score (nSPS) is 14.6. The van der Waals surface area contributed by atoms with E-state index in [9.17, 15) is 9.90 Å². The highest BCUT2D eigenvalue weighted by Gasteiger charge is 2.29. The summed E-state index contributed by atoms with van der Waals surface area (Å²) >= 11 is 0. The summed E-state index contributed by atoms with van der Waals surface area (Å²) in [5.41, 5.74) is 3.54. The van der Waals surface area contributed by atoms with E-state index < -0.39 is 6.10 Å². The number of nitrogens with zero attached hydrogens (tertiary/aromatic N) is 2. The molecule has 6 nitrogen and oxygen atoms in total. The second-order valence-electron chi connectivity index (χ2n) is 7.13. The molecular weight excluding hydrogens is 354 g/mol. The van der Waals surface area contributed by atoms with Crippen molar-refractivity contribution in [3.05, 3.63) is 71.4 Å². The summed E-state index contributed by atoms with van der Waals surface area (Å²) < 4.78 is 5.19. The van der Waals surface area contributed by atoms with Crippen molar-refractivity contribution in [2.75, 3.05) is 0 Å². The molecule has 1 heterocycles. The van der Waals surface area contributed by atoms with Crippen molar-refractivity contribution >= 4 is 5.91 Å². The minimum atomic E-state index is -0.431. The number of carbonyl (C=O) groups excluding carboxylic acids is 1. The van der Waals surface area contributed by atoms with Gasteiger partial charge in [-0.05, 0) is 48.1 Å². The third kappa shape index (κ3) is 4.12. The van der Waals surface area contributed by atoms with Crippen LogP contribution >= 0.6 is 0 Å². The molecule has 6 heteroatoms. The van der Waals surface area contributed by atoms with Crippen molar-refractivity contribution in [2.24, 2.45) is 0 Å². The number of hydrogen-bond donors (Lipinski definition) is 2. The maximum atomic E-state index is 12.3. The van der Waals surface area contributed by atoms with Crippen molar-refractivity contribution in [1.29, 1.82) is 0 Å². The van der Waals surface area contributed by atoms with Gasteiger partial charge in [-0.15, -0.1) is 0 Å². The third-order valence-corrected chi connectivity index (χ3v) is 4.98. The Morgan fingerprint density at radius 2 is 1.79 bits per heavy atom. The smallest absolute Gasteiger partial charge is 0.251 e. The molecule has 2 N–H and O–H groups in total. The van der Waals surface area contributed by atoms with Crippen molar-refractivity contribution in [3.63, 3.8) is 0 Å². The Morgan fingerprint density at radius 1 is 1.14 bits per heavy atom. The van der Waals surface area contributed by atoms with Gasteiger partial charge in [-0.1, -0.05) is 48.5 Å². The largest absolute Gasteiger partial charge is 0.388 e. The molecule has 1 saturated carbocycles. The van der Waals surface area contributed by atoms with Gasteiger partial charge in [0.15, 0.2) is 5.82 Å². The first-order valence-electron chi connectivity index (χ1n) is 9.63. The zero-order valence-electron chi connectivity index (χ0n) is 15.8. The molecule has 4 rings (SSSR count). The predicted molar refractivity (Wildman–Crippen MR) is 105 cm³/mol. The summed E-state index contributed by atoms with van der Waals surface area (Å²) in [6, 6.07) is 15.3. The highest BCUT2D eigenvalue weighted by Crippen LogP contribution is 2.38. The molecule has 28 heavy (non-hydrogen) atoms. The highest BCUT2D eigenvalue weighted by atomic mass is 16.5. The van der Waals surface area contributed by atoms with E-state index in [1.807, 2.05) is 43.3 Å². The van der Waals surface area contributed by atoms with Gasteiger partial charge < -0.3 is 14.9 Å². The lowest BCUT2D eigenvalue weighted by Crippen LogP contribution is -2.23. The number of carbonyl (C=O) groups is 1. The quantitative estimate of drug-likeness (QED) is 0.650. The van der Waals surface area contributed by atoms with Crippen LogP contribution in [0.5, 0.6) is 0 Å². The first kappa shape index (κ1) is 18.4. The second-order valence-corrected chi connectivity index (χ2v) is 7.13. The molecule has 0 unspecified atom stereocenters. The van der Waals surface area contributed by atoms with Crippen molar-refractivity contribution < 1.29 is 14.4 Å². The molecule has 1 fully saturated rings. The van der Waals surface area contributed by atoms with Crippen LogP contribution in [0.2, 0.25) is 0 Å². The minimum Gasteiger partial charge on any atom is -0.388 e. The Kier molecular flexibility index (Phi) is 5.21. The van der Waals surface area contributed by atoms with E-state index in [2.05, 4.69) is 15.5 Å². The molecule has 0 aliphatic heterocycles. The van der Waals surface area contributed by atoms with Crippen molar-refractivity contribution in [1.82, 2.24) is 15.5 Å². The van der Waals surface area contributed by atoms with Crippen molar-refractivity contribution in [2.45, 2.75) is 44.8 Å². The van der Waals surface area contributed by atoms with E-state index in [0.29, 0.717) is 29.6 Å². The molecule has 1 aliphatic rings. The molecule has 3 aromatic rings. The van der Waals surface area contributed by atoms with Gasteiger partial charge in [0, 0.05) is 11.5 Å². The first-order valence-corrected chi connectivity index (χ1v) is 9.63.